The highest BCUT2D eigenvalue weighted by Crippen LogP contribution is 2.58. The third-order valence-corrected chi connectivity index (χ3v) is 10.7. The molecule has 4 aromatic carbocycles. The number of hydrogen-bond acceptors (Lipinski definition) is 6. The zero-order chi connectivity index (χ0) is 29.9. The van der Waals surface area contributed by atoms with Gasteiger partial charge in [0.15, 0.2) is 0 Å². The number of hydrogen-bond donors (Lipinski definition) is 0. The van der Waals surface area contributed by atoms with Crippen molar-refractivity contribution in [3.63, 3.8) is 0 Å². The van der Waals surface area contributed by atoms with Gasteiger partial charge in [0.25, 0.3) is 0 Å². The van der Waals surface area contributed by atoms with Gasteiger partial charge in [0.1, 0.15) is 0 Å². The van der Waals surface area contributed by atoms with Gasteiger partial charge >= 0.3 is 0 Å². The SMILES string of the molecule is CCN(CC)c1c(Sc2ccccc2)c(N(CC)CC)c(Sc2ccccc2)c(N(CC)CC)c1Sc1ccccc1. The Balaban J connectivity index is 2.20. The Bertz CT molecular complexity index is 1180. The van der Waals surface area contributed by atoms with Crippen LogP contribution in [0.3, 0.4) is 0 Å². The van der Waals surface area contributed by atoms with Crippen LogP contribution >= 0.6 is 35.3 Å². The Kier molecular flexibility index (Phi) is 12.5. The third-order valence-electron chi connectivity index (χ3n) is 7.42. The molecule has 3 nitrogen and oxygen atoms in total. The quantitative estimate of drug-likeness (QED) is 0.131. The molecule has 0 fully saturated rings. The van der Waals surface area contributed by atoms with E-state index in [4.69, 9.17) is 0 Å². The van der Waals surface area contributed by atoms with Gasteiger partial charge in [-0.2, -0.15) is 0 Å². The second kappa shape index (κ2) is 16.3. The molecule has 0 saturated heterocycles. The molecule has 222 valence electrons. The van der Waals surface area contributed by atoms with E-state index in [-0.39, 0.29) is 0 Å². The van der Waals surface area contributed by atoms with Gasteiger partial charge in [-0.25, -0.2) is 0 Å². The van der Waals surface area contributed by atoms with Gasteiger partial charge in [-0.1, -0.05) is 89.9 Å². The van der Waals surface area contributed by atoms with Gasteiger partial charge in [-0.15, -0.1) is 0 Å². The van der Waals surface area contributed by atoms with E-state index in [9.17, 15) is 0 Å². The van der Waals surface area contributed by atoms with Crippen molar-refractivity contribution in [2.45, 2.75) is 70.9 Å². The summed E-state index contributed by atoms with van der Waals surface area (Å²) in [6, 6.07) is 32.7. The maximum Gasteiger partial charge on any atom is 0.0692 e. The van der Waals surface area contributed by atoms with Crippen molar-refractivity contribution in [3.8, 4) is 0 Å². The van der Waals surface area contributed by atoms with Crippen LogP contribution in [0.15, 0.2) is 120 Å². The molecule has 0 bridgehead atoms. The fraction of sp³-hybridized carbons (Fsp3) is 0.333. The first-order chi connectivity index (χ1) is 20.6. The Morgan fingerprint density at radius 2 is 0.571 bits per heavy atom. The Morgan fingerprint density at radius 3 is 0.762 bits per heavy atom. The second-order valence-corrected chi connectivity index (χ2v) is 13.0. The van der Waals surface area contributed by atoms with Crippen LogP contribution in [-0.4, -0.2) is 39.3 Å². The molecular weight excluding hydrogens is 571 g/mol. The van der Waals surface area contributed by atoms with Crippen molar-refractivity contribution in [3.05, 3.63) is 91.0 Å². The van der Waals surface area contributed by atoms with Crippen molar-refractivity contribution in [1.29, 1.82) is 0 Å². The maximum atomic E-state index is 2.58. The molecule has 0 saturated carbocycles. The van der Waals surface area contributed by atoms with Gasteiger partial charge in [0.05, 0.1) is 31.7 Å². The summed E-state index contributed by atoms with van der Waals surface area (Å²) in [5.74, 6) is 0. The predicted molar refractivity (Wildman–Crippen MR) is 189 cm³/mol. The van der Waals surface area contributed by atoms with E-state index in [0.29, 0.717) is 0 Å². The smallest absolute Gasteiger partial charge is 0.0692 e. The van der Waals surface area contributed by atoms with E-state index in [2.05, 4.69) is 147 Å². The standard InChI is InChI=1S/C36H45N3S3/c1-7-37(8-2)31-34(40-28-22-16-13-17-23-28)32(38(9-3)10-4)36(42-30-26-20-15-21-27-30)33(39(11-5)12-6)35(31)41-29-24-18-14-19-25-29/h13-27H,7-12H2,1-6H3. The average Bonchev–Trinajstić information content (AvgIpc) is 3.04. The molecule has 0 atom stereocenters. The molecule has 42 heavy (non-hydrogen) atoms. The molecule has 0 aromatic heterocycles. The van der Waals surface area contributed by atoms with Crippen LogP contribution in [-0.2, 0) is 0 Å². The van der Waals surface area contributed by atoms with Crippen molar-refractivity contribution in [2.24, 2.45) is 0 Å². The molecule has 0 N–H and O–H groups in total. The van der Waals surface area contributed by atoms with E-state index in [1.807, 2.05) is 35.3 Å². The summed E-state index contributed by atoms with van der Waals surface area (Å²) >= 11 is 5.75. The highest BCUT2D eigenvalue weighted by atomic mass is 32.2. The Labute approximate surface area is 267 Å². The number of nitrogens with zero attached hydrogens (tertiary/aromatic N) is 3. The van der Waals surface area contributed by atoms with E-state index >= 15 is 0 Å². The summed E-state index contributed by atoms with van der Waals surface area (Å²) in [5.41, 5.74) is 4.05. The number of anilines is 3. The lowest BCUT2D eigenvalue weighted by Gasteiger charge is -2.38. The maximum absolute atomic E-state index is 2.58. The zero-order valence-corrected chi connectivity index (χ0v) is 28.4. The van der Waals surface area contributed by atoms with Gasteiger partial charge in [-0.3, -0.25) is 0 Å². The lowest BCUT2D eigenvalue weighted by atomic mass is 10.1. The van der Waals surface area contributed by atoms with Crippen LogP contribution in [0.25, 0.3) is 0 Å². The summed E-state index contributed by atoms with van der Waals surface area (Å²) in [6.45, 7) is 19.4. The third kappa shape index (κ3) is 7.45. The van der Waals surface area contributed by atoms with Crippen LogP contribution in [0.5, 0.6) is 0 Å². The van der Waals surface area contributed by atoms with E-state index in [0.717, 1.165) is 39.3 Å². The normalized spacial score (nSPS) is 11.0. The molecule has 0 unspecified atom stereocenters. The molecular formula is C36H45N3S3. The minimum Gasteiger partial charge on any atom is -0.370 e. The Morgan fingerprint density at radius 1 is 0.357 bits per heavy atom. The van der Waals surface area contributed by atoms with E-state index in [1.165, 1.54) is 46.4 Å². The molecule has 4 aromatic rings. The molecule has 4 rings (SSSR count). The predicted octanol–water partition coefficient (Wildman–Crippen LogP) is 10.7. The first kappa shape index (κ1) is 32.2. The topological polar surface area (TPSA) is 9.72 Å². The van der Waals surface area contributed by atoms with Crippen LogP contribution in [0.4, 0.5) is 17.1 Å². The van der Waals surface area contributed by atoms with Gasteiger partial charge in [-0.05, 0) is 77.9 Å². The zero-order valence-electron chi connectivity index (χ0n) is 26.0. The average molecular weight is 616 g/mol. The fourth-order valence-corrected chi connectivity index (χ4v) is 8.98. The van der Waals surface area contributed by atoms with Crippen molar-refractivity contribution >= 4 is 52.3 Å². The van der Waals surface area contributed by atoms with Crippen LogP contribution < -0.4 is 14.7 Å². The monoisotopic (exact) mass is 615 g/mol. The lowest BCUT2D eigenvalue weighted by Crippen LogP contribution is -2.30. The molecule has 0 heterocycles. The van der Waals surface area contributed by atoms with E-state index in [1.54, 1.807) is 0 Å². The summed E-state index contributed by atoms with van der Waals surface area (Å²) in [4.78, 5) is 15.6. The molecule has 0 amide bonds. The van der Waals surface area contributed by atoms with Crippen LogP contribution in [0.2, 0.25) is 0 Å². The summed E-state index contributed by atoms with van der Waals surface area (Å²) in [5, 5.41) is 0. The van der Waals surface area contributed by atoms with Crippen molar-refractivity contribution < 1.29 is 0 Å². The van der Waals surface area contributed by atoms with Gasteiger partial charge in [0.2, 0.25) is 0 Å². The van der Waals surface area contributed by atoms with Gasteiger partial charge in [0, 0.05) is 54.0 Å². The molecule has 6 heteroatoms. The fourth-order valence-electron chi connectivity index (χ4n) is 5.24. The summed E-state index contributed by atoms with van der Waals surface area (Å²) < 4.78 is 0. The van der Waals surface area contributed by atoms with E-state index < -0.39 is 0 Å². The second-order valence-electron chi connectivity index (χ2n) is 9.80. The molecule has 0 aliphatic rings. The van der Waals surface area contributed by atoms with Crippen molar-refractivity contribution in [1.82, 2.24) is 0 Å². The lowest BCUT2D eigenvalue weighted by molar-refractivity contribution is 0.791. The summed E-state index contributed by atoms with van der Waals surface area (Å²) in [7, 11) is 0. The molecule has 0 aliphatic heterocycles. The first-order valence-corrected chi connectivity index (χ1v) is 17.7. The number of benzene rings is 4. The first-order valence-electron chi connectivity index (χ1n) is 15.3. The highest BCUT2D eigenvalue weighted by molar-refractivity contribution is 8.01. The molecule has 0 aliphatic carbocycles. The highest BCUT2D eigenvalue weighted by Gasteiger charge is 2.32. The van der Waals surface area contributed by atoms with Crippen molar-refractivity contribution in [2.75, 3.05) is 54.0 Å². The number of rotatable bonds is 15. The minimum absolute atomic E-state index is 0.946. The molecule has 0 spiro atoms. The Hall–Kier alpha value is -2.67. The van der Waals surface area contributed by atoms with Crippen LogP contribution in [0.1, 0.15) is 41.5 Å². The summed E-state index contributed by atoms with van der Waals surface area (Å²) in [6.07, 6.45) is 0. The largest absolute Gasteiger partial charge is 0.370 e. The minimum atomic E-state index is 0.946. The van der Waals surface area contributed by atoms with Crippen LogP contribution in [0, 0.1) is 0 Å². The van der Waals surface area contributed by atoms with Gasteiger partial charge < -0.3 is 14.7 Å². The molecule has 0 radical (unpaired) electrons.